The molecule has 0 aromatic heterocycles. The first-order valence-corrected chi connectivity index (χ1v) is 9.72. The van der Waals surface area contributed by atoms with Gasteiger partial charge in [0.25, 0.3) is 5.91 Å². The molecule has 0 atom stereocenters. The van der Waals surface area contributed by atoms with Gasteiger partial charge in [-0.05, 0) is 48.7 Å². The van der Waals surface area contributed by atoms with E-state index in [1.807, 2.05) is 30.3 Å². The number of piperidine rings is 1. The van der Waals surface area contributed by atoms with Crippen LogP contribution in [0.5, 0.6) is 0 Å². The highest BCUT2D eigenvalue weighted by Crippen LogP contribution is 2.20. The Balaban J connectivity index is 1.49. The molecular weight excluding hydrogens is 366 g/mol. The third kappa shape index (κ3) is 5.54. The van der Waals surface area contributed by atoms with Gasteiger partial charge in [-0.25, -0.2) is 0 Å². The fourth-order valence-corrected chi connectivity index (χ4v) is 3.29. The first-order valence-electron chi connectivity index (χ1n) is 9.72. The number of rotatable bonds is 5. The van der Waals surface area contributed by atoms with Crippen molar-refractivity contribution in [2.24, 2.45) is 5.92 Å². The number of carbonyl (C=O) groups is 3. The molecule has 2 aromatic carbocycles. The van der Waals surface area contributed by atoms with Crippen LogP contribution in [0.1, 0.15) is 28.8 Å². The second-order valence-corrected chi connectivity index (χ2v) is 6.99. The number of amides is 3. The lowest BCUT2D eigenvalue weighted by Crippen LogP contribution is -2.40. The number of likely N-dealkylation sites (tertiary alicyclic amines) is 1. The first-order chi connectivity index (χ1) is 14.1. The van der Waals surface area contributed by atoms with Crippen LogP contribution in [0.4, 0.5) is 5.69 Å². The lowest BCUT2D eigenvalue weighted by Gasteiger charge is -2.30. The van der Waals surface area contributed by atoms with Crippen LogP contribution >= 0.6 is 0 Å². The van der Waals surface area contributed by atoms with E-state index in [0.717, 1.165) is 11.3 Å². The molecule has 3 rings (SSSR count). The molecule has 2 aromatic rings. The number of hydrogen-bond donors (Lipinski definition) is 2. The van der Waals surface area contributed by atoms with E-state index in [4.69, 9.17) is 0 Å². The van der Waals surface area contributed by atoms with Crippen molar-refractivity contribution >= 4 is 29.5 Å². The molecule has 0 saturated carbocycles. The van der Waals surface area contributed by atoms with Crippen molar-refractivity contribution < 1.29 is 14.4 Å². The molecule has 1 saturated heterocycles. The summed E-state index contributed by atoms with van der Waals surface area (Å²) in [6.45, 7) is 1.12. The van der Waals surface area contributed by atoms with Gasteiger partial charge in [-0.2, -0.15) is 0 Å². The van der Waals surface area contributed by atoms with Crippen molar-refractivity contribution in [3.63, 3.8) is 0 Å². The van der Waals surface area contributed by atoms with Gasteiger partial charge in [-0.1, -0.05) is 30.3 Å². The first kappa shape index (κ1) is 20.3. The third-order valence-electron chi connectivity index (χ3n) is 5.04. The number of benzene rings is 2. The number of para-hydroxylation sites is 1. The van der Waals surface area contributed by atoms with Crippen molar-refractivity contribution in [3.05, 3.63) is 71.8 Å². The van der Waals surface area contributed by atoms with Gasteiger partial charge in [0.1, 0.15) is 0 Å². The zero-order valence-electron chi connectivity index (χ0n) is 16.4. The fourth-order valence-electron chi connectivity index (χ4n) is 3.29. The number of nitrogens with one attached hydrogen (secondary N) is 2. The summed E-state index contributed by atoms with van der Waals surface area (Å²) in [6.07, 6.45) is 4.58. The van der Waals surface area contributed by atoms with E-state index in [0.29, 0.717) is 31.5 Å². The molecule has 1 heterocycles. The second-order valence-electron chi connectivity index (χ2n) is 6.99. The van der Waals surface area contributed by atoms with Gasteiger partial charge in [0.15, 0.2) is 0 Å². The maximum absolute atomic E-state index is 12.4. The molecule has 2 N–H and O–H groups in total. The van der Waals surface area contributed by atoms with Crippen molar-refractivity contribution in [2.75, 3.05) is 25.5 Å². The lowest BCUT2D eigenvalue weighted by atomic mass is 9.95. The minimum Gasteiger partial charge on any atom is -0.355 e. The second kappa shape index (κ2) is 9.68. The van der Waals surface area contributed by atoms with Crippen LogP contribution in [-0.4, -0.2) is 42.8 Å². The van der Waals surface area contributed by atoms with E-state index >= 15 is 0 Å². The van der Waals surface area contributed by atoms with E-state index in [1.165, 1.54) is 0 Å². The highest BCUT2D eigenvalue weighted by atomic mass is 16.2. The molecule has 0 aliphatic carbocycles. The molecule has 1 aliphatic heterocycles. The number of nitrogens with zero attached hydrogens (tertiary/aromatic N) is 1. The highest BCUT2D eigenvalue weighted by molar-refractivity contribution is 5.95. The van der Waals surface area contributed by atoms with E-state index in [1.54, 1.807) is 48.4 Å². The molecule has 6 heteroatoms. The molecule has 0 spiro atoms. The standard InChI is InChI=1S/C23H25N3O3/c1-24-22(28)18-10-7-17(8-11-18)9-12-21(27)26-15-13-19(14-16-26)23(29)25-20-5-3-2-4-6-20/h2-12,19H,13-16H2,1H3,(H,24,28)(H,25,29)/b12-9+. The quantitative estimate of drug-likeness (QED) is 0.770. The Morgan fingerprint density at radius 1 is 0.966 bits per heavy atom. The topological polar surface area (TPSA) is 78.5 Å². The third-order valence-corrected chi connectivity index (χ3v) is 5.04. The molecular formula is C23H25N3O3. The van der Waals surface area contributed by atoms with Gasteiger partial charge in [-0.15, -0.1) is 0 Å². The van der Waals surface area contributed by atoms with Crippen LogP contribution < -0.4 is 10.6 Å². The number of hydrogen-bond acceptors (Lipinski definition) is 3. The van der Waals surface area contributed by atoms with Crippen LogP contribution in [0.25, 0.3) is 6.08 Å². The smallest absolute Gasteiger partial charge is 0.251 e. The van der Waals surface area contributed by atoms with E-state index < -0.39 is 0 Å². The van der Waals surface area contributed by atoms with Crippen LogP contribution in [0.3, 0.4) is 0 Å². The van der Waals surface area contributed by atoms with E-state index in [-0.39, 0.29) is 23.6 Å². The van der Waals surface area contributed by atoms with Gasteiger partial charge in [0, 0.05) is 43.4 Å². The van der Waals surface area contributed by atoms with Crippen LogP contribution in [0.2, 0.25) is 0 Å². The molecule has 1 aliphatic rings. The summed E-state index contributed by atoms with van der Waals surface area (Å²) in [4.78, 5) is 38.2. The molecule has 6 nitrogen and oxygen atoms in total. The maximum atomic E-state index is 12.4. The molecule has 3 amide bonds. The Hall–Kier alpha value is -3.41. The predicted octanol–water partition coefficient (Wildman–Crippen LogP) is 2.94. The number of carbonyl (C=O) groups excluding carboxylic acids is 3. The average Bonchev–Trinajstić information content (AvgIpc) is 2.78. The highest BCUT2D eigenvalue weighted by Gasteiger charge is 2.26. The Morgan fingerprint density at radius 2 is 1.62 bits per heavy atom. The normalized spacial score (nSPS) is 14.6. The molecule has 150 valence electrons. The lowest BCUT2D eigenvalue weighted by molar-refractivity contribution is -0.130. The Kier molecular flexibility index (Phi) is 6.79. The summed E-state index contributed by atoms with van der Waals surface area (Å²) in [6, 6.07) is 16.4. The minimum atomic E-state index is -0.143. The zero-order valence-corrected chi connectivity index (χ0v) is 16.4. The Bertz CT molecular complexity index is 883. The minimum absolute atomic E-state index is 0.00930. The summed E-state index contributed by atoms with van der Waals surface area (Å²) < 4.78 is 0. The average molecular weight is 391 g/mol. The van der Waals surface area contributed by atoms with Gasteiger partial charge < -0.3 is 15.5 Å². The summed E-state index contributed by atoms with van der Waals surface area (Å²) in [7, 11) is 1.59. The van der Waals surface area contributed by atoms with E-state index in [2.05, 4.69) is 10.6 Å². The van der Waals surface area contributed by atoms with Gasteiger partial charge >= 0.3 is 0 Å². The van der Waals surface area contributed by atoms with Gasteiger partial charge in [0.05, 0.1) is 0 Å². The molecule has 0 radical (unpaired) electrons. The molecule has 1 fully saturated rings. The largest absolute Gasteiger partial charge is 0.355 e. The monoisotopic (exact) mass is 391 g/mol. The molecule has 29 heavy (non-hydrogen) atoms. The van der Waals surface area contributed by atoms with Gasteiger partial charge in [-0.3, -0.25) is 14.4 Å². The summed E-state index contributed by atoms with van der Waals surface area (Å²) in [5.41, 5.74) is 2.22. The fraction of sp³-hybridized carbons (Fsp3) is 0.261. The number of anilines is 1. The summed E-state index contributed by atoms with van der Waals surface area (Å²) in [5, 5.41) is 5.51. The van der Waals surface area contributed by atoms with Crippen molar-refractivity contribution in [1.82, 2.24) is 10.2 Å². The SMILES string of the molecule is CNC(=O)c1ccc(/C=C/C(=O)N2CCC(C(=O)Nc3ccccc3)CC2)cc1. The summed E-state index contributed by atoms with van der Waals surface area (Å²) in [5.74, 6) is -0.284. The predicted molar refractivity (Wildman–Crippen MR) is 113 cm³/mol. The van der Waals surface area contributed by atoms with Crippen molar-refractivity contribution in [1.29, 1.82) is 0 Å². The molecule has 0 unspecified atom stereocenters. The van der Waals surface area contributed by atoms with Crippen LogP contribution in [0.15, 0.2) is 60.7 Å². The maximum Gasteiger partial charge on any atom is 0.251 e. The van der Waals surface area contributed by atoms with Crippen molar-refractivity contribution in [2.45, 2.75) is 12.8 Å². The molecule has 0 bridgehead atoms. The van der Waals surface area contributed by atoms with Gasteiger partial charge in [0.2, 0.25) is 11.8 Å². The van der Waals surface area contributed by atoms with Crippen LogP contribution in [-0.2, 0) is 9.59 Å². The van der Waals surface area contributed by atoms with E-state index in [9.17, 15) is 14.4 Å². The van der Waals surface area contributed by atoms with Crippen LogP contribution in [0, 0.1) is 5.92 Å². The summed E-state index contributed by atoms with van der Waals surface area (Å²) >= 11 is 0. The Labute approximate surface area is 170 Å². The Morgan fingerprint density at radius 3 is 2.24 bits per heavy atom. The zero-order chi connectivity index (χ0) is 20.6. The van der Waals surface area contributed by atoms with Crippen molar-refractivity contribution in [3.8, 4) is 0 Å².